The van der Waals surface area contributed by atoms with Crippen LogP contribution in [0.2, 0.25) is 0 Å². The lowest BCUT2D eigenvalue weighted by Gasteiger charge is -2.04. The van der Waals surface area contributed by atoms with Crippen molar-refractivity contribution in [2.75, 3.05) is 22.9 Å². The third-order valence-corrected chi connectivity index (χ3v) is 4.22. The smallest absolute Gasteiger partial charge is 0.271 e. The molecular formula is C12H17N5OS2. The lowest BCUT2D eigenvalue weighted by molar-refractivity contribution is 0.103. The summed E-state index contributed by atoms with van der Waals surface area (Å²) in [5, 5.41) is 7.12. The van der Waals surface area contributed by atoms with Gasteiger partial charge in [-0.15, -0.1) is 11.3 Å². The fourth-order valence-electron chi connectivity index (χ4n) is 1.43. The van der Waals surface area contributed by atoms with Gasteiger partial charge in [0.15, 0.2) is 10.3 Å². The SMILES string of the molecule is Cc1cnc(NC(=O)c2sc(NCC(C)C)nc2N)s1. The Bertz CT molecular complexity index is 605. The summed E-state index contributed by atoms with van der Waals surface area (Å²) in [6.07, 6.45) is 1.71. The van der Waals surface area contributed by atoms with Crippen molar-refractivity contribution in [1.82, 2.24) is 9.97 Å². The third-order valence-electron chi connectivity index (χ3n) is 2.36. The fourth-order valence-corrected chi connectivity index (χ4v) is 2.87. The molecule has 0 saturated heterocycles. The summed E-state index contributed by atoms with van der Waals surface area (Å²) in [4.78, 5) is 21.8. The minimum atomic E-state index is -0.271. The number of carbonyl (C=O) groups excluding carboxylic acids is 1. The van der Waals surface area contributed by atoms with Gasteiger partial charge in [-0.1, -0.05) is 25.2 Å². The van der Waals surface area contributed by atoms with Crippen LogP contribution < -0.4 is 16.4 Å². The molecule has 108 valence electrons. The Hall–Kier alpha value is -1.67. The molecule has 2 aromatic heterocycles. The quantitative estimate of drug-likeness (QED) is 0.789. The number of thiazole rings is 2. The molecule has 2 aromatic rings. The van der Waals surface area contributed by atoms with Crippen LogP contribution in [0.3, 0.4) is 0 Å². The highest BCUT2D eigenvalue weighted by molar-refractivity contribution is 7.18. The molecular weight excluding hydrogens is 294 g/mol. The zero-order chi connectivity index (χ0) is 14.7. The van der Waals surface area contributed by atoms with E-state index in [1.807, 2.05) is 6.92 Å². The van der Waals surface area contributed by atoms with E-state index in [-0.39, 0.29) is 11.7 Å². The molecule has 0 spiro atoms. The Labute approximate surface area is 125 Å². The van der Waals surface area contributed by atoms with Crippen LogP contribution in [-0.2, 0) is 0 Å². The van der Waals surface area contributed by atoms with Crippen LogP contribution in [0.15, 0.2) is 6.20 Å². The van der Waals surface area contributed by atoms with Gasteiger partial charge in [-0.05, 0) is 12.8 Å². The number of carbonyl (C=O) groups is 1. The van der Waals surface area contributed by atoms with Gasteiger partial charge in [-0.25, -0.2) is 9.97 Å². The summed E-state index contributed by atoms with van der Waals surface area (Å²) in [5.74, 6) is 0.467. The molecule has 0 unspecified atom stereocenters. The van der Waals surface area contributed by atoms with Crippen LogP contribution in [0.4, 0.5) is 16.1 Å². The molecule has 0 aliphatic carbocycles. The van der Waals surface area contributed by atoms with Gasteiger partial charge in [-0.3, -0.25) is 10.1 Å². The van der Waals surface area contributed by atoms with E-state index in [9.17, 15) is 4.79 Å². The number of aryl methyl sites for hydroxylation is 1. The second kappa shape index (κ2) is 6.19. The summed E-state index contributed by atoms with van der Waals surface area (Å²) in [7, 11) is 0. The molecule has 2 heterocycles. The Balaban J connectivity index is 2.06. The van der Waals surface area contributed by atoms with Crippen molar-refractivity contribution in [3.05, 3.63) is 16.0 Å². The highest BCUT2D eigenvalue weighted by Crippen LogP contribution is 2.26. The van der Waals surface area contributed by atoms with Gasteiger partial charge in [0.25, 0.3) is 5.91 Å². The Morgan fingerprint density at radius 2 is 2.15 bits per heavy atom. The van der Waals surface area contributed by atoms with Gasteiger partial charge in [0.2, 0.25) is 0 Å². The van der Waals surface area contributed by atoms with Gasteiger partial charge in [-0.2, -0.15) is 0 Å². The lowest BCUT2D eigenvalue weighted by Crippen LogP contribution is -2.11. The predicted molar refractivity (Wildman–Crippen MR) is 84.7 cm³/mol. The van der Waals surface area contributed by atoms with E-state index >= 15 is 0 Å². The number of nitrogens with zero attached hydrogens (tertiary/aromatic N) is 2. The van der Waals surface area contributed by atoms with Crippen molar-refractivity contribution in [2.45, 2.75) is 20.8 Å². The molecule has 4 N–H and O–H groups in total. The number of nitrogens with one attached hydrogen (secondary N) is 2. The highest BCUT2D eigenvalue weighted by Gasteiger charge is 2.17. The van der Waals surface area contributed by atoms with Crippen LogP contribution in [0.1, 0.15) is 28.4 Å². The van der Waals surface area contributed by atoms with E-state index in [0.717, 1.165) is 11.4 Å². The number of rotatable bonds is 5. The fraction of sp³-hybridized carbons (Fsp3) is 0.417. The minimum absolute atomic E-state index is 0.243. The number of anilines is 3. The average Bonchev–Trinajstić information content (AvgIpc) is 2.93. The van der Waals surface area contributed by atoms with Crippen molar-refractivity contribution in [1.29, 1.82) is 0 Å². The molecule has 0 aliphatic heterocycles. The van der Waals surface area contributed by atoms with Crippen molar-refractivity contribution in [3.8, 4) is 0 Å². The van der Waals surface area contributed by atoms with Crippen LogP contribution in [-0.4, -0.2) is 22.4 Å². The first kappa shape index (κ1) is 14.7. The predicted octanol–water partition coefficient (Wildman–Crippen LogP) is 2.81. The molecule has 20 heavy (non-hydrogen) atoms. The summed E-state index contributed by atoms with van der Waals surface area (Å²) in [5.41, 5.74) is 5.79. The number of aromatic nitrogens is 2. The molecule has 0 saturated carbocycles. The molecule has 1 amide bonds. The van der Waals surface area contributed by atoms with E-state index in [2.05, 4.69) is 34.4 Å². The first-order valence-electron chi connectivity index (χ1n) is 6.19. The lowest BCUT2D eigenvalue weighted by atomic mass is 10.2. The second-order valence-corrected chi connectivity index (χ2v) is 6.97. The average molecular weight is 311 g/mol. The maximum absolute atomic E-state index is 12.1. The molecule has 8 heteroatoms. The number of nitrogens with two attached hydrogens (primary N) is 1. The van der Waals surface area contributed by atoms with Gasteiger partial charge in [0.05, 0.1) is 0 Å². The highest BCUT2D eigenvalue weighted by atomic mass is 32.1. The standard InChI is InChI=1S/C12H17N5OS2/c1-6(2)4-14-11-16-9(13)8(20-11)10(18)17-12-15-5-7(3)19-12/h5-6H,4,13H2,1-3H3,(H,14,16)(H,15,17,18). The van der Waals surface area contributed by atoms with Crippen molar-refractivity contribution in [2.24, 2.45) is 5.92 Å². The largest absolute Gasteiger partial charge is 0.382 e. The topological polar surface area (TPSA) is 92.9 Å². The molecule has 0 aromatic carbocycles. The number of amides is 1. The van der Waals surface area contributed by atoms with Gasteiger partial charge >= 0.3 is 0 Å². The van der Waals surface area contributed by atoms with E-state index in [1.54, 1.807) is 6.20 Å². The Morgan fingerprint density at radius 1 is 1.40 bits per heavy atom. The first-order valence-corrected chi connectivity index (χ1v) is 7.83. The summed E-state index contributed by atoms with van der Waals surface area (Å²) >= 11 is 2.68. The molecule has 2 rings (SSSR count). The van der Waals surface area contributed by atoms with Crippen molar-refractivity contribution in [3.63, 3.8) is 0 Å². The molecule has 0 bridgehead atoms. The first-order chi connectivity index (χ1) is 9.45. The maximum atomic E-state index is 12.1. The molecule has 0 aliphatic rings. The molecule has 0 radical (unpaired) electrons. The van der Waals surface area contributed by atoms with E-state index in [4.69, 9.17) is 5.73 Å². The number of hydrogen-bond donors (Lipinski definition) is 3. The van der Waals surface area contributed by atoms with E-state index in [1.165, 1.54) is 22.7 Å². The van der Waals surface area contributed by atoms with Crippen molar-refractivity contribution < 1.29 is 4.79 Å². The molecule has 0 atom stereocenters. The van der Waals surface area contributed by atoms with Crippen LogP contribution in [0.25, 0.3) is 0 Å². The summed E-state index contributed by atoms with van der Waals surface area (Å²) in [6.45, 7) is 6.92. The van der Waals surface area contributed by atoms with Crippen molar-refractivity contribution >= 4 is 44.7 Å². The summed E-state index contributed by atoms with van der Waals surface area (Å²) in [6, 6.07) is 0. The van der Waals surface area contributed by atoms with Crippen LogP contribution in [0, 0.1) is 12.8 Å². The van der Waals surface area contributed by atoms with Gasteiger partial charge in [0.1, 0.15) is 10.7 Å². The Morgan fingerprint density at radius 3 is 2.75 bits per heavy atom. The normalized spacial score (nSPS) is 10.8. The van der Waals surface area contributed by atoms with Gasteiger partial charge < -0.3 is 11.1 Å². The molecule has 6 nitrogen and oxygen atoms in total. The third kappa shape index (κ3) is 3.67. The van der Waals surface area contributed by atoms with Crippen LogP contribution in [0.5, 0.6) is 0 Å². The van der Waals surface area contributed by atoms with Gasteiger partial charge in [0, 0.05) is 17.6 Å². The van der Waals surface area contributed by atoms with Crippen LogP contribution >= 0.6 is 22.7 Å². The minimum Gasteiger partial charge on any atom is -0.382 e. The number of nitrogen functional groups attached to an aromatic ring is 1. The summed E-state index contributed by atoms with van der Waals surface area (Å²) < 4.78 is 0. The van der Waals surface area contributed by atoms with E-state index < -0.39 is 0 Å². The molecule has 0 fully saturated rings. The number of hydrogen-bond acceptors (Lipinski definition) is 7. The van der Waals surface area contributed by atoms with E-state index in [0.29, 0.717) is 21.1 Å². The zero-order valence-corrected chi connectivity index (χ0v) is 13.2. The maximum Gasteiger partial charge on any atom is 0.271 e. The Kier molecular flexibility index (Phi) is 4.56. The second-order valence-electron chi connectivity index (χ2n) is 4.74. The monoisotopic (exact) mass is 311 g/mol. The zero-order valence-electron chi connectivity index (χ0n) is 11.6.